The van der Waals surface area contributed by atoms with Crippen LogP contribution in [0, 0.1) is 0 Å². The molecule has 7 amide bonds. The Kier molecular flexibility index (Phi) is 28.5. The van der Waals surface area contributed by atoms with Crippen LogP contribution in [0.5, 0.6) is 0 Å². The van der Waals surface area contributed by atoms with E-state index in [4.69, 9.17) is 32.7 Å². The number of ether oxygens (including phenoxy) is 2. The van der Waals surface area contributed by atoms with Crippen molar-refractivity contribution in [3.05, 3.63) is 0 Å². The summed E-state index contributed by atoms with van der Waals surface area (Å²) in [5.74, 6) is -7.06. The van der Waals surface area contributed by atoms with Crippen molar-refractivity contribution in [3.8, 4) is 0 Å². The first kappa shape index (κ1) is 49.2. The van der Waals surface area contributed by atoms with E-state index in [1.54, 1.807) is 0 Å². The van der Waals surface area contributed by atoms with Crippen LogP contribution in [-0.4, -0.2) is 163 Å². The van der Waals surface area contributed by atoms with E-state index in [1.165, 1.54) is 4.90 Å². The predicted octanol–water partition coefficient (Wildman–Crippen LogP) is -2.34. The predicted molar refractivity (Wildman–Crippen MR) is 192 cm³/mol. The lowest BCUT2D eigenvalue weighted by molar-refractivity contribution is -0.143. The number of hydrogen-bond donors (Lipinski definition) is 8. The van der Waals surface area contributed by atoms with Crippen LogP contribution in [0.1, 0.15) is 38.5 Å². The van der Waals surface area contributed by atoms with Gasteiger partial charge in [0.05, 0.1) is 25.2 Å². The average Bonchev–Trinajstić information content (AvgIpc) is 3.12. The van der Waals surface area contributed by atoms with Crippen molar-refractivity contribution in [2.45, 2.75) is 50.6 Å². The molecule has 0 aliphatic carbocycles. The Morgan fingerprint density at radius 1 is 0.604 bits per heavy atom. The molecule has 0 aromatic heterocycles. The van der Waals surface area contributed by atoms with Crippen molar-refractivity contribution in [1.29, 1.82) is 0 Å². The molecule has 0 radical (unpaired) electrons. The van der Waals surface area contributed by atoms with Crippen molar-refractivity contribution >= 4 is 92.4 Å². The largest absolute Gasteiger partial charge is 0.481 e. The average molecular weight is 866 g/mol. The van der Waals surface area contributed by atoms with Crippen LogP contribution in [0.4, 0.5) is 0 Å². The fourth-order valence-corrected chi connectivity index (χ4v) is 4.52. The van der Waals surface area contributed by atoms with E-state index in [-0.39, 0.29) is 101 Å². The lowest BCUT2D eigenvalue weighted by atomic mass is 10.1. The van der Waals surface area contributed by atoms with E-state index in [2.05, 4.69) is 47.8 Å². The summed E-state index contributed by atoms with van der Waals surface area (Å²) in [4.78, 5) is 109. The monoisotopic (exact) mass is 863 g/mol. The topological polar surface area (TPSA) is 288 Å². The normalized spacial score (nSPS) is 11.7. The Morgan fingerprint density at radius 2 is 1.15 bits per heavy atom. The summed E-state index contributed by atoms with van der Waals surface area (Å²) in [7, 11) is 0. The smallest absolute Gasteiger partial charge is 0.326 e. The number of amides is 7. The van der Waals surface area contributed by atoms with E-state index in [9.17, 15) is 53.4 Å². The number of halogens is 3. The van der Waals surface area contributed by atoms with E-state index >= 15 is 0 Å². The first-order chi connectivity index (χ1) is 25.2. The lowest BCUT2D eigenvalue weighted by Crippen LogP contribution is -2.52. The zero-order valence-electron chi connectivity index (χ0n) is 29.1. The molecule has 20 nitrogen and oxygen atoms in total. The summed E-state index contributed by atoms with van der Waals surface area (Å²) >= 11 is 14.0. The molecule has 2 atom stereocenters. The number of hydrogen-bond acceptors (Lipinski definition) is 11. The number of alkyl halides is 3. The van der Waals surface area contributed by atoms with Crippen molar-refractivity contribution in [2.24, 2.45) is 0 Å². The van der Waals surface area contributed by atoms with E-state index in [0.29, 0.717) is 13.0 Å². The SMILES string of the molecule is O=C(O)CCC(NC(=O)CC[C@H](NC(=O)COCCOCCNC(=O)CCCNC(=O)CBr)C(=O)O)C(=O)N(CCNC(=O)CCl)CCNC(=O)CCl. The molecular weight excluding hydrogens is 817 g/mol. The maximum atomic E-state index is 13.4. The fourth-order valence-electron chi connectivity index (χ4n) is 4.13. The first-order valence-corrected chi connectivity index (χ1v) is 18.6. The Balaban J connectivity index is 4.85. The second kappa shape index (κ2) is 30.6. The number of nitrogens with one attached hydrogen (secondary N) is 6. The van der Waals surface area contributed by atoms with Crippen LogP contribution in [0.15, 0.2) is 0 Å². The first-order valence-electron chi connectivity index (χ1n) is 16.5. The maximum absolute atomic E-state index is 13.4. The molecule has 0 bridgehead atoms. The molecule has 0 heterocycles. The highest BCUT2D eigenvalue weighted by Gasteiger charge is 2.28. The molecule has 0 aliphatic heterocycles. The molecule has 53 heavy (non-hydrogen) atoms. The van der Waals surface area contributed by atoms with Crippen LogP contribution in [-0.2, 0) is 52.6 Å². The molecule has 0 aromatic carbocycles. The van der Waals surface area contributed by atoms with Gasteiger partial charge in [-0.2, -0.15) is 0 Å². The van der Waals surface area contributed by atoms with Gasteiger partial charge in [-0.15, -0.1) is 23.2 Å². The summed E-state index contributed by atoms with van der Waals surface area (Å²) < 4.78 is 10.5. The summed E-state index contributed by atoms with van der Waals surface area (Å²) in [6, 6.07) is -2.86. The Labute approximate surface area is 324 Å². The molecule has 0 aliphatic rings. The van der Waals surface area contributed by atoms with Gasteiger partial charge in [-0.3, -0.25) is 38.4 Å². The molecule has 0 aromatic rings. The highest BCUT2D eigenvalue weighted by atomic mass is 79.9. The van der Waals surface area contributed by atoms with Gasteiger partial charge in [0.25, 0.3) is 0 Å². The third kappa shape index (κ3) is 26.6. The fraction of sp³-hybridized carbons (Fsp3) is 0.700. The number of carboxylic acids is 2. The zero-order chi connectivity index (χ0) is 40.0. The molecule has 0 rings (SSSR count). The van der Waals surface area contributed by atoms with E-state index < -0.39 is 73.0 Å². The van der Waals surface area contributed by atoms with Crippen molar-refractivity contribution < 1.29 is 62.8 Å². The highest BCUT2D eigenvalue weighted by Crippen LogP contribution is 2.06. The second-order valence-electron chi connectivity index (χ2n) is 10.9. The van der Waals surface area contributed by atoms with E-state index in [1.807, 2.05) is 0 Å². The molecule has 302 valence electrons. The third-order valence-electron chi connectivity index (χ3n) is 6.73. The number of carboxylic acid groups (broad SMARTS) is 2. The summed E-state index contributed by atoms with van der Waals surface area (Å²) in [5.41, 5.74) is 0. The standard InChI is InChI=1S/C30H48BrCl2N7O13/c31-16-24(43)34-7-1-2-22(41)37-10-13-52-14-15-53-19-27(46)39-21(30(50)51)3-5-23(42)38-20(4-6-28(47)48)29(49)40(11-8-35-25(44)17-32)12-9-36-26(45)18-33/h20-21H,1-19H2,(H,34,43)(H,35,44)(H,36,45)(H,37,41)(H,38,42)(H,39,46)(H,47,48)(H,50,51)/t20?,21-/m0/s1. The van der Waals surface area contributed by atoms with Crippen LogP contribution in [0.2, 0.25) is 0 Å². The van der Waals surface area contributed by atoms with Crippen molar-refractivity contribution in [2.75, 3.05) is 82.8 Å². The number of carbonyl (C=O) groups excluding carboxylic acids is 7. The van der Waals surface area contributed by atoms with Crippen LogP contribution in [0.3, 0.4) is 0 Å². The molecule has 1 unspecified atom stereocenters. The molecular formula is C30H48BrCl2N7O13. The number of rotatable bonds is 31. The minimum atomic E-state index is -1.50. The van der Waals surface area contributed by atoms with Gasteiger partial charge in [0.2, 0.25) is 41.4 Å². The molecule has 23 heteroatoms. The van der Waals surface area contributed by atoms with Crippen molar-refractivity contribution in [1.82, 2.24) is 36.8 Å². The van der Waals surface area contributed by atoms with Crippen LogP contribution >= 0.6 is 39.1 Å². The van der Waals surface area contributed by atoms with Gasteiger partial charge in [0, 0.05) is 58.5 Å². The van der Waals surface area contributed by atoms with E-state index in [0.717, 1.165) is 0 Å². The third-order valence-corrected chi connectivity index (χ3v) is 7.73. The van der Waals surface area contributed by atoms with Gasteiger partial charge < -0.3 is 56.5 Å². The summed E-state index contributed by atoms with van der Waals surface area (Å²) in [5, 5.41) is 33.8. The van der Waals surface area contributed by atoms with Gasteiger partial charge in [-0.05, 0) is 19.3 Å². The zero-order valence-corrected chi connectivity index (χ0v) is 32.2. The molecule has 0 spiro atoms. The molecule has 0 saturated carbocycles. The van der Waals surface area contributed by atoms with Gasteiger partial charge in [0.1, 0.15) is 30.5 Å². The van der Waals surface area contributed by atoms with Crippen LogP contribution in [0.25, 0.3) is 0 Å². The van der Waals surface area contributed by atoms with Crippen molar-refractivity contribution in [3.63, 3.8) is 0 Å². The Hall–Kier alpha value is -3.79. The Bertz CT molecular complexity index is 1200. The minimum absolute atomic E-state index is 0.0181. The minimum Gasteiger partial charge on any atom is -0.481 e. The van der Waals surface area contributed by atoms with Gasteiger partial charge in [0.15, 0.2) is 0 Å². The van der Waals surface area contributed by atoms with Gasteiger partial charge in [-0.25, -0.2) is 4.79 Å². The highest BCUT2D eigenvalue weighted by molar-refractivity contribution is 9.09. The summed E-state index contributed by atoms with van der Waals surface area (Å²) in [6.07, 6.45) is -0.977. The number of carbonyl (C=O) groups is 9. The summed E-state index contributed by atoms with van der Waals surface area (Å²) in [6.45, 7) is 0.0744. The van der Waals surface area contributed by atoms with Gasteiger partial charge in [-0.1, -0.05) is 15.9 Å². The van der Waals surface area contributed by atoms with Gasteiger partial charge >= 0.3 is 11.9 Å². The Morgan fingerprint density at radius 3 is 1.72 bits per heavy atom. The quantitative estimate of drug-likeness (QED) is 0.0268. The maximum Gasteiger partial charge on any atom is 0.326 e. The lowest BCUT2D eigenvalue weighted by Gasteiger charge is -2.28. The molecule has 0 saturated heterocycles. The molecule has 8 N–H and O–H groups in total. The van der Waals surface area contributed by atoms with Crippen LogP contribution < -0.4 is 31.9 Å². The second-order valence-corrected chi connectivity index (χ2v) is 12.0. The number of nitrogens with zero attached hydrogens (tertiary/aromatic N) is 1. The number of aliphatic carboxylic acids is 2. The molecule has 0 fully saturated rings.